The van der Waals surface area contributed by atoms with Gasteiger partial charge in [0.05, 0.1) is 0 Å². The van der Waals surface area contributed by atoms with Crippen molar-refractivity contribution in [2.45, 2.75) is 26.3 Å². The van der Waals surface area contributed by atoms with Crippen molar-refractivity contribution in [2.75, 3.05) is 11.9 Å². The highest BCUT2D eigenvalue weighted by atomic mass is 35.5. The molecule has 2 heterocycles. The van der Waals surface area contributed by atoms with Crippen molar-refractivity contribution in [3.63, 3.8) is 0 Å². The minimum atomic E-state index is -0.156. The number of rotatable bonds is 8. The van der Waals surface area contributed by atoms with Crippen LogP contribution in [0.3, 0.4) is 0 Å². The lowest BCUT2D eigenvalue weighted by atomic mass is 10.0. The monoisotopic (exact) mass is 432 g/mol. The zero-order chi connectivity index (χ0) is 20.8. The third-order valence-electron chi connectivity index (χ3n) is 4.18. The summed E-state index contributed by atoms with van der Waals surface area (Å²) in [4.78, 5) is 24.9. The van der Waals surface area contributed by atoms with Gasteiger partial charge in [-0.2, -0.15) is 4.98 Å². The zero-order valence-electron chi connectivity index (χ0n) is 16.1. The first kappa shape index (κ1) is 21.1. The molecule has 0 radical (unpaired) electrons. The molecule has 7 nitrogen and oxygen atoms in total. The normalized spacial score (nSPS) is 12.0. The molecule has 0 aliphatic rings. The number of nitrogens with one attached hydrogen (secondary N) is 2. The maximum atomic E-state index is 12.4. The second-order valence-corrected chi connectivity index (χ2v) is 7.81. The molecule has 1 atom stereocenters. The minimum Gasteiger partial charge on any atom is -0.365 e. The number of nitrogens with zero attached hydrogens (tertiary/aromatic N) is 4. The second-order valence-electron chi connectivity index (χ2n) is 7.04. The Balaban J connectivity index is 1.70. The predicted octanol–water partition coefficient (Wildman–Crippen LogP) is 4.23. The first-order valence-corrected chi connectivity index (χ1v) is 9.99. The Morgan fingerprint density at radius 3 is 2.59 bits per heavy atom. The highest BCUT2D eigenvalue weighted by molar-refractivity contribution is 6.30. The van der Waals surface area contributed by atoms with E-state index in [0.29, 0.717) is 34.7 Å². The van der Waals surface area contributed by atoms with E-state index in [9.17, 15) is 4.79 Å². The molecule has 3 rings (SSSR count). The Hall–Kier alpha value is -2.64. The Kier molecular flexibility index (Phi) is 7.06. The van der Waals surface area contributed by atoms with Crippen molar-refractivity contribution in [3.05, 3.63) is 64.9 Å². The maximum absolute atomic E-state index is 12.4. The first-order valence-electron chi connectivity index (χ1n) is 9.24. The molecule has 0 saturated heterocycles. The van der Waals surface area contributed by atoms with Crippen molar-refractivity contribution in [1.29, 1.82) is 0 Å². The summed E-state index contributed by atoms with van der Waals surface area (Å²) in [5.74, 6) is 1.46. The minimum absolute atomic E-state index is 0.0344. The van der Waals surface area contributed by atoms with Gasteiger partial charge in [0.25, 0.3) is 5.91 Å². The molecule has 9 heteroatoms. The number of halogens is 2. The molecule has 152 valence electrons. The topological polar surface area (TPSA) is 84.7 Å². The fourth-order valence-electron chi connectivity index (χ4n) is 2.90. The molecular formula is C20H22Cl2N6O. The Morgan fingerprint density at radius 1 is 1.17 bits per heavy atom. The van der Waals surface area contributed by atoms with E-state index in [-0.39, 0.29) is 17.2 Å². The van der Waals surface area contributed by atoms with Gasteiger partial charge in [-0.05, 0) is 48.2 Å². The molecule has 2 N–H and O–H groups in total. The Labute approximate surface area is 179 Å². The van der Waals surface area contributed by atoms with Gasteiger partial charge in [-0.1, -0.05) is 25.4 Å². The Bertz CT molecular complexity index is 944. The van der Waals surface area contributed by atoms with Crippen LogP contribution < -0.4 is 10.6 Å². The van der Waals surface area contributed by atoms with E-state index in [0.717, 1.165) is 6.42 Å². The number of benzene rings is 1. The van der Waals surface area contributed by atoms with Crippen LogP contribution in [-0.2, 0) is 0 Å². The van der Waals surface area contributed by atoms with Crippen LogP contribution >= 0.6 is 23.2 Å². The van der Waals surface area contributed by atoms with Gasteiger partial charge in [0.2, 0.25) is 5.28 Å². The highest BCUT2D eigenvalue weighted by Crippen LogP contribution is 2.17. The largest absolute Gasteiger partial charge is 0.365 e. The smallest absolute Gasteiger partial charge is 0.251 e. The SMILES string of the molecule is CC(C)CC(CNC(=O)c1ccc(Cl)cc1)Nc1cc(-n2ccnc2)nc(Cl)n1. The standard InChI is InChI=1S/C20H22Cl2N6O/c1-13(2)9-16(11-24-19(29)14-3-5-15(21)6-4-14)25-17-10-18(27-20(22)26-17)28-8-7-23-12-28/h3-8,10,12-13,16H,9,11H2,1-2H3,(H,24,29)(H,25,26,27). The number of anilines is 1. The van der Waals surface area contributed by atoms with E-state index in [4.69, 9.17) is 23.2 Å². The van der Waals surface area contributed by atoms with Crippen LogP contribution in [0.1, 0.15) is 30.6 Å². The summed E-state index contributed by atoms with van der Waals surface area (Å²) in [6.45, 7) is 4.68. The molecule has 0 aliphatic carbocycles. The number of carbonyl (C=O) groups excluding carboxylic acids is 1. The number of amides is 1. The molecule has 0 fully saturated rings. The molecule has 0 bridgehead atoms. The van der Waals surface area contributed by atoms with Gasteiger partial charge in [-0.25, -0.2) is 9.97 Å². The molecule has 1 amide bonds. The van der Waals surface area contributed by atoms with Gasteiger partial charge in [-0.15, -0.1) is 0 Å². The van der Waals surface area contributed by atoms with Crippen molar-refractivity contribution in [3.8, 4) is 5.82 Å². The lowest BCUT2D eigenvalue weighted by Gasteiger charge is -2.22. The van der Waals surface area contributed by atoms with Crippen molar-refractivity contribution in [2.24, 2.45) is 5.92 Å². The number of hydrogen-bond acceptors (Lipinski definition) is 5. The molecule has 1 aromatic carbocycles. The Morgan fingerprint density at radius 2 is 1.93 bits per heavy atom. The molecule has 0 saturated carbocycles. The van der Waals surface area contributed by atoms with Crippen molar-refractivity contribution in [1.82, 2.24) is 24.8 Å². The van der Waals surface area contributed by atoms with E-state index < -0.39 is 0 Å². The molecular weight excluding hydrogens is 411 g/mol. The summed E-state index contributed by atoms with van der Waals surface area (Å²) in [5, 5.41) is 7.05. The van der Waals surface area contributed by atoms with Gasteiger partial charge < -0.3 is 10.6 Å². The molecule has 2 aromatic heterocycles. The zero-order valence-corrected chi connectivity index (χ0v) is 17.7. The quantitative estimate of drug-likeness (QED) is 0.520. The van der Waals surface area contributed by atoms with E-state index in [1.165, 1.54) is 0 Å². The van der Waals surface area contributed by atoms with Crippen LogP contribution in [0.15, 0.2) is 49.1 Å². The molecule has 0 aliphatic heterocycles. The molecule has 3 aromatic rings. The van der Waals surface area contributed by atoms with Crippen LogP contribution in [0.5, 0.6) is 0 Å². The van der Waals surface area contributed by atoms with Gasteiger partial charge in [0.15, 0.2) is 0 Å². The fraction of sp³-hybridized carbons (Fsp3) is 0.300. The molecule has 29 heavy (non-hydrogen) atoms. The summed E-state index contributed by atoms with van der Waals surface area (Å²) in [6, 6.07) is 8.55. The third-order valence-corrected chi connectivity index (χ3v) is 4.60. The average Bonchev–Trinajstić information content (AvgIpc) is 3.20. The van der Waals surface area contributed by atoms with Crippen LogP contribution in [0.25, 0.3) is 5.82 Å². The second kappa shape index (κ2) is 9.71. The van der Waals surface area contributed by atoms with Crippen LogP contribution in [0.2, 0.25) is 10.3 Å². The first-order chi connectivity index (χ1) is 13.9. The van der Waals surface area contributed by atoms with Gasteiger partial charge in [0.1, 0.15) is 18.0 Å². The fourth-order valence-corrected chi connectivity index (χ4v) is 3.20. The highest BCUT2D eigenvalue weighted by Gasteiger charge is 2.15. The van der Waals surface area contributed by atoms with Gasteiger partial charge >= 0.3 is 0 Å². The lowest BCUT2D eigenvalue weighted by molar-refractivity contribution is 0.0951. The molecule has 1 unspecified atom stereocenters. The number of aromatic nitrogens is 4. The van der Waals surface area contributed by atoms with Crippen LogP contribution in [0.4, 0.5) is 5.82 Å². The van der Waals surface area contributed by atoms with E-state index in [2.05, 4.69) is 39.4 Å². The van der Waals surface area contributed by atoms with E-state index >= 15 is 0 Å². The number of carbonyl (C=O) groups is 1. The van der Waals surface area contributed by atoms with Gasteiger partial charge in [0, 0.05) is 41.6 Å². The summed E-state index contributed by atoms with van der Waals surface area (Å²) in [5.41, 5.74) is 0.560. The summed E-state index contributed by atoms with van der Waals surface area (Å²) >= 11 is 12.0. The number of imidazole rings is 1. The van der Waals surface area contributed by atoms with Crippen molar-refractivity contribution < 1.29 is 4.79 Å². The van der Waals surface area contributed by atoms with E-state index in [1.807, 2.05) is 0 Å². The average molecular weight is 433 g/mol. The summed E-state index contributed by atoms with van der Waals surface area (Å²) in [6.07, 6.45) is 5.92. The number of hydrogen-bond donors (Lipinski definition) is 2. The van der Waals surface area contributed by atoms with Crippen LogP contribution in [0, 0.1) is 5.92 Å². The maximum Gasteiger partial charge on any atom is 0.251 e. The third kappa shape index (κ3) is 6.17. The predicted molar refractivity (Wildman–Crippen MR) is 115 cm³/mol. The van der Waals surface area contributed by atoms with Gasteiger partial charge in [-0.3, -0.25) is 9.36 Å². The van der Waals surface area contributed by atoms with Crippen molar-refractivity contribution >= 4 is 34.9 Å². The summed E-state index contributed by atoms with van der Waals surface area (Å²) < 4.78 is 1.75. The summed E-state index contributed by atoms with van der Waals surface area (Å²) in [7, 11) is 0. The van der Waals surface area contributed by atoms with Crippen LogP contribution in [-0.4, -0.2) is 38.0 Å². The lowest BCUT2D eigenvalue weighted by Crippen LogP contribution is -2.37. The molecule has 0 spiro atoms. The van der Waals surface area contributed by atoms with E-state index in [1.54, 1.807) is 53.6 Å².